The van der Waals surface area contributed by atoms with E-state index in [9.17, 15) is 5.11 Å². The second-order valence-corrected chi connectivity index (χ2v) is 4.86. The summed E-state index contributed by atoms with van der Waals surface area (Å²) in [5, 5.41) is 16.6. The molecule has 1 aromatic carbocycles. The summed E-state index contributed by atoms with van der Waals surface area (Å²) >= 11 is 0. The summed E-state index contributed by atoms with van der Waals surface area (Å²) in [6, 6.07) is 10.6. The van der Waals surface area contributed by atoms with Gasteiger partial charge < -0.3 is 20.6 Å². The molecular weight excluding hydrogens is 226 g/mol. The minimum absolute atomic E-state index is 0.426. The first kappa shape index (κ1) is 11.6. The van der Waals surface area contributed by atoms with Crippen molar-refractivity contribution in [3.8, 4) is 0 Å². The number of nitrogens with one attached hydrogen (secondary N) is 2. The van der Waals surface area contributed by atoms with Gasteiger partial charge in [-0.3, -0.25) is 0 Å². The third-order valence-corrected chi connectivity index (χ3v) is 3.66. The van der Waals surface area contributed by atoms with Crippen molar-refractivity contribution in [2.75, 3.05) is 13.1 Å². The van der Waals surface area contributed by atoms with Crippen LogP contribution in [0.25, 0.3) is 5.70 Å². The molecule has 0 saturated carbocycles. The fourth-order valence-electron chi connectivity index (χ4n) is 2.66. The molecule has 1 fully saturated rings. The van der Waals surface area contributed by atoms with Crippen LogP contribution in [0, 0.1) is 0 Å². The maximum absolute atomic E-state index is 10.1. The fourth-order valence-corrected chi connectivity index (χ4v) is 2.66. The zero-order valence-electron chi connectivity index (χ0n) is 10.3. The molecule has 0 aliphatic carbocycles. The third-order valence-electron chi connectivity index (χ3n) is 3.66. The molecule has 2 aliphatic rings. The highest BCUT2D eigenvalue weighted by Gasteiger charge is 2.29. The number of aliphatic hydroxyl groups excluding tert-OH is 1. The van der Waals surface area contributed by atoms with E-state index in [1.165, 1.54) is 0 Å². The number of aliphatic hydroxyl groups is 1. The molecule has 18 heavy (non-hydrogen) atoms. The molecule has 0 aromatic heterocycles. The maximum Gasteiger partial charge on any atom is 0.205 e. The monoisotopic (exact) mass is 245 g/mol. The van der Waals surface area contributed by atoms with E-state index in [0.29, 0.717) is 6.04 Å². The van der Waals surface area contributed by atoms with Crippen LogP contribution in [0.1, 0.15) is 18.4 Å². The summed E-state index contributed by atoms with van der Waals surface area (Å²) in [6.07, 6.45) is 3.62. The van der Waals surface area contributed by atoms with Crippen molar-refractivity contribution in [3.05, 3.63) is 42.1 Å². The minimum Gasteiger partial charge on any atom is -0.356 e. The Hall–Kier alpha value is -1.52. The normalized spacial score (nSPS) is 24.8. The molecule has 4 heteroatoms. The molecule has 96 valence electrons. The van der Waals surface area contributed by atoms with E-state index < -0.39 is 6.35 Å². The van der Waals surface area contributed by atoms with Crippen LogP contribution in [0.4, 0.5) is 0 Å². The van der Waals surface area contributed by atoms with E-state index in [1.807, 2.05) is 23.1 Å². The number of benzene rings is 1. The van der Waals surface area contributed by atoms with Crippen molar-refractivity contribution in [2.24, 2.45) is 0 Å². The maximum atomic E-state index is 10.1. The topological polar surface area (TPSA) is 47.5 Å². The van der Waals surface area contributed by atoms with Gasteiger partial charge in [-0.15, -0.1) is 0 Å². The molecule has 1 unspecified atom stereocenters. The van der Waals surface area contributed by atoms with Crippen LogP contribution in [0.3, 0.4) is 0 Å². The van der Waals surface area contributed by atoms with E-state index in [0.717, 1.165) is 37.2 Å². The average molecular weight is 245 g/mol. The van der Waals surface area contributed by atoms with Crippen molar-refractivity contribution in [3.63, 3.8) is 0 Å². The Labute approximate surface area is 107 Å². The average Bonchev–Trinajstić information content (AvgIpc) is 2.83. The predicted octanol–water partition coefficient (Wildman–Crippen LogP) is 0.918. The number of hydrogen-bond donors (Lipinski definition) is 3. The third kappa shape index (κ3) is 2.21. The molecule has 3 N–H and O–H groups in total. The first-order valence-electron chi connectivity index (χ1n) is 6.54. The van der Waals surface area contributed by atoms with Gasteiger partial charge in [0.25, 0.3) is 0 Å². The van der Waals surface area contributed by atoms with Crippen LogP contribution in [0.2, 0.25) is 0 Å². The first-order valence-corrected chi connectivity index (χ1v) is 6.54. The van der Waals surface area contributed by atoms with E-state index in [4.69, 9.17) is 0 Å². The molecule has 0 amide bonds. The van der Waals surface area contributed by atoms with Gasteiger partial charge in [-0.1, -0.05) is 30.3 Å². The Balaban J connectivity index is 1.78. The van der Waals surface area contributed by atoms with Crippen LogP contribution in [0.15, 0.2) is 36.5 Å². The molecule has 2 heterocycles. The van der Waals surface area contributed by atoms with E-state index in [2.05, 4.69) is 29.0 Å². The summed E-state index contributed by atoms with van der Waals surface area (Å²) in [5.41, 5.74) is 2.12. The SMILES string of the molecule is OC1NC(c2ccccc2)=CN1C1CCNCC1. The molecule has 0 spiro atoms. The number of rotatable bonds is 2. The molecule has 4 nitrogen and oxygen atoms in total. The molecule has 1 saturated heterocycles. The molecule has 2 aliphatic heterocycles. The van der Waals surface area contributed by atoms with Crippen LogP contribution in [-0.4, -0.2) is 35.5 Å². The lowest BCUT2D eigenvalue weighted by molar-refractivity contribution is 0.00257. The van der Waals surface area contributed by atoms with Gasteiger partial charge in [0.1, 0.15) is 0 Å². The molecule has 1 aromatic rings. The van der Waals surface area contributed by atoms with Crippen LogP contribution >= 0.6 is 0 Å². The lowest BCUT2D eigenvalue weighted by Crippen LogP contribution is -2.46. The van der Waals surface area contributed by atoms with Gasteiger partial charge in [-0.2, -0.15) is 0 Å². The molecular formula is C14H19N3O. The van der Waals surface area contributed by atoms with Crippen molar-refractivity contribution in [1.82, 2.24) is 15.5 Å². The lowest BCUT2D eigenvalue weighted by Gasteiger charge is -2.33. The summed E-state index contributed by atoms with van der Waals surface area (Å²) in [4.78, 5) is 2.04. The number of piperidine rings is 1. The second-order valence-electron chi connectivity index (χ2n) is 4.86. The van der Waals surface area contributed by atoms with E-state index >= 15 is 0 Å². The highest BCUT2D eigenvalue weighted by Crippen LogP contribution is 2.24. The minimum atomic E-state index is -0.594. The highest BCUT2D eigenvalue weighted by molar-refractivity contribution is 5.65. The fraction of sp³-hybridized carbons (Fsp3) is 0.429. The van der Waals surface area contributed by atoms with Crippen molar-refractivity contribution in [2.45, 2.75) is 25.2 Å². The number of nitrogens with zero attached hydrogens (tertiary/aromatic N) is 1. The van der Waals surface area contributed by atoms with Gasteiger partial charge >= 0.3 is 0 Å². The standard InChI is InChI=1S/C14H19N3O/c18-14-16-13(11-4-2-1-3-5-11)10-17(14)12-6-8-15-9-7-12/h1-5,10,12,14-16,18H,6-9H2. The lowest BCUT2D eigenvalue weighted by atomic mass is 10.1. The highest BCUT2D eigenvalue weighted by atomic mass is 16.3. The Morgan fingerprint density at radius 3 is 2.56 bits per heavy atom. The summed E-state index contributed by atoms with van der Waals surface area (Å²) in [5.74, 6) is 0. The molecule has 0 radical (unpaired) electrons. The molecule has 0 bridgehead atoms. The van der Waals surface area contributed by atoms with Crippen molar-refractivity contribution < 1.29 is 5.11 Å². The van der Waals surface area contributed by atoms with Gasteiger partial charge in [0.15, 0.2) is 0 Å². The summed E-state index contributed by atoms with van der Waals surface area (Å²) in [7, 11) is 0. The van der Waals surface area contributed by atoms with Gasteiger partial charge in [0.05, 0.1) is 5.70 Å². The summed E-state index contributed by atoms with van der Waals surface area (Å²) in [6.45, 7) is 2.06. The van der Waals surface area contributed by atoms with Gasteiger partial charge in [-0.25, -0.2) is 0 Å². The van der Waals surface area contributed by atoms with Crippen LogP contribution in [0.5, 0.6) is 0 Å². The van der Waals surface area contributed by atoms with Gasteiger partial charge in [-0.05, 0) is 31.5 Å². The quantitative estimate of drug-likeness (QED) is 0.725. The Morgan fingerprint density at radius 2 is 1.83 bits per heavy atom. The van der Waals surface area contributed by atoms with Crippen LogP contribution in [-0.2, 0) is 0 Å². The smallest absolute Gasteiger partial charge is 0.205 e. The van der Waals surface area contributed by atoms with Crippen molar-refractivity contribution in [1.29, 1.82) is 0 Å². The Morgan fingerprint density at radius 1 is 1.11 bits per heavy atom. The van der Waals surface area contributed by atoms with Crippen molar-refractivity contribution >= 4 is 5.70 Å². The zero-order chi connectivity index (χ0) is 12.4. The second kappa shape index (κ2) is 5.00. The van der Waals surface area contributed by atoms with E-state index in [-0.39, 0.29) is 0 Å². The van der Waals surface area contributed by atoms with Gasteiger partial charge in [0.2, 0.25) is 6.35 Å². The van der Waals surface area contributed by atoms with Gasteiger partial charge in [0, 0.05) is 12.2 Å². The van der Waals surface area contributed by atoms with E-state index in [1.54, 1.807) is 0 Å². The zero-order valence-corrected chi connectivity index (χ0v) is 10.3. The Kier molecular flexibility index (Phi) is 3.21. The molecule has 1 atom stereocenters. The Bertz CT molecular complexity index is 426. The first-order chi connectivity index (χ1) is 8.84. The van der Waals surface area contributed by atoms with Crippen LogP contribution < -0.4 is 10.6 Å². The molecule has 3 rings (SSSR count). The summed E-state index contributed by atoms with van der Waals surface area (Å²) < 4.78 is 0. The largest absolute Gasteiger partial charge is 0.356 e. The predicted molar refractivity (Wildman–Crippen MR) is 71.3 cm³/mol. The number of hydrogen-bond acceptors (Lipinski definition) is 4.